The van der Waals surface area contributed by atoms with E-state index in [2.05, 4.69) is 10.3 Å². The second-order valence-electron chi connectivity index (χ2n) is 5.64. The van der Waals surface area contributed by atoms with Gasteiger partial charge in [0.2, 0.25) is 0 Å². The zero-order valence-electron chi connectivity index (χ0n) is 13.2. The van der Waals surface area contributed by atoms with Gasteiger partial charge in [0, 0.05) is 23.8 Å². The molecule has 0 aliphatic heterocycles. The second-order valence-corrected chi connectivity index (χ2v) is 5.64. The molecule has 3 rings (SSSR count). The summed E-state index contributed by atoms with van der Waals surface area (Å²) in [5, 5.41) is 13.7. The van der Waals surface area contributed by atoms with E-state index in [4.69, 9.17) is 4.74 Å². The smallest absolute Gasteiger partial charge is 0.251 e. The molecule has 0 unspecified atom stereocenters. The van der Waals surface area contributed by atoms with Crippen LogP contribution >= 0.6 is 0 Å². The van der Waals surface area contributed by atoms with Crippen molar-refractivity contribution in [3.63, 3.8) is 0 Å². The van der Waals surface area contributed by atoms with E-state index in [1.165, 1.54) is 0 Å². The number of hydrogen-bond acceptors (Lipinski definition) is 3. The Bertz CT molecular complexity index is 798. The summed E-state index contributed by atoms with van der Waals surface area (Å²) >= 11 is 0. The van der Waals surface area contributed by atoms with Gasteiger partial charge in [0.15, 0.2) is 0 Å². The second kappa shape index (κ2) is 7.77. The molecule has 124 valence electrons. The lowest BCUT2D eigenvalue weighted by Crippen LogP contribution is -2.34. The monoisotopic (exact) mass is 324 g/mol. The Morgan fingerprint density at radius 3 is 2.83 bits per heavy atom. The molecule has 0 saturated carbocycles. The maximum absolute atomic E-state index is 12.1. The molecule has 0 aliphatic carbocycles. The fourth-order valence-corrected chi connectivity index (χ4v) is 2.45. The van der Waals surface area contributed by atoms with Crippen molar-refractivity contribution < 1.29 is 14.6 Å². The molecule has 0 spiro atoms. The number of aromatic nitrogens is 1. The van der Waals surface area contributed by atoms with Crippen LogP contribution in [0.4, 0.5) is 0 Å². The van der Waals surface area contributed by atoms with Gasteiger partial charge in [0.1, 0.15) is 0 Å². The van der Waals surface area contributed by atoms with Crippen LogP contribution in [-0.4, -0.2) is 35.3 Å². The van der Waals surface area contributed by atoms with Crippen LogP contribution in [0, 0.1) is 0 Å². The fourth-order valence-electron chi connectivity index (χ4n) is 2.45. The molecule has 24 heavy (non-hydrogen) atoms. The van der Waals surface area contributed by atoms with Gasteiger partial charge >= 0.3 is 0 Å². The lowest BCUT2D eigenvalue weighted by atomic mass is 10.1. The van der Waals surface area contributed by atoms with Gasteiger partial charge in [-0.05, 0) is 29.1 Å². The third-order valence-corrected chi connectivity index (χ3v) is 3.74. The average Bonchev–Trinajstić information content (AvgIpc) is 3.08. The highest BCUT2D eigenvalue weighted by Crippen LogP contribution is 2.14. The summed E-state index contributed by atoms with van der Waals surface area (Å²) < 4.78 is 5.46. The number of aliphatic hydroxyl groups excluding tert-OH is 1. The average molecular weight is 324 g/mol. The SMILES string of the molecule is O=C(NC[C@H](O)COCc1ccccc1)c1ccc2cc[nH]c2c1. The number of carbonyl (C=O) groups is 1. The third-order valence-electron chi connectivity index (χ3n) is 3.74. The van der Waals surface area contributed by atoms with E-state index in [0.717, 1.165) is 16.5 Å². The van der Waals surface area contributed by atoms with Crippen LogP contribution in [0.5, 0.6) is 0 Å². The summed E-state index contributed by atoms with van der Waals surface area (Å²) in [6, 6.07) is 17.2. The van der Waals surface area contributed by atoms with E-state index in [9.17, 15) is 9.90 Å². The summed E-state index contributed by atoms with van der Waals surface area (Å²) in [5.41, 5.74) is 2.52. The van der Waals surface area contributed by atoms with Gasteiger partial charge in [-0.15, -0.1) is 0 Å². The fraction of sp³-hybridized carbons (Fsp3) is 0.211. The quantitative estimate of drug-likeness (QED) is 0.625. The largest absolute Gasteiger partial charge is 0.389 e. The summed E-state index contributed by atoms with van der Waals surface area (Å²) in [6.45, 7) is 0.760. The predicted molar refractivity (Wildman–Crippen MR) is 92.7 cm³/mol. The van der Waals surface area contributed by atoms with Crippen molar-refractivity contribution in [3.8, 4) is 0 Å². The normalized spacial score (nSPS) is 12.2. The number of H-pyrrole nitrogens is 1. The molecule has 0 saturated heterocycles. The molecule has 0 aliphatic rings. The Balaban J connectivity index is 1.43. The molecule has 5 heteroatoms. The Kier molecular flexibility index (Phi) is 5.25. The van der Waals surface area contributed by atoms with Crippen molar-refractivity contribution in [3.05, 3.63) is 71.9 Å². The standard InChI is InChI=1S/C19H20N2O3/c22-17(13-24-12-14-4-2-1-3-5-14)11-21-19(23)16-7-6-15-8-9-20-18(15)10-16/h1-10,17,20,22H,11-13H2,(H,21,23)/t17-/m0/s1. The molecular weight excluding hydrogens is 304 g/mol. The number of nitrogens with one attached hydrogen (secondary N) is 2. The van der Waals surface area contributed by atoms with Crippen molar-refractivity contribution in [1.82, 2.24) is 10.3 Å². The predicted octanol–water partition coefficient (Wildman–Crippen LogP) is 2.48. The minimum Gasteiger partial charge on any atom is -0.389 e. The van der Waals surface area contributed by atoms with Crippen molar-refractivity contribution in [2.45, 2.75) is 12.7 Å². The van der Waals surface area contributed by atoms with E-state index in [-0.39, 0.29) is 19.1 Å². The van der Waals surface area contributed by atoms with Crippen LogP contribution in [-0.2, 0) is 11.3 Å². The molecule has 1 heterocycles. The summed E-state index contributed by atoms with van der Waals surface area (Å²) in [5.74, 6) is -0.214. The molecule has 1 amide bonds. The molecule has 3 N–H and O–H groups in total. The summed E-state index contributed by atoms with van der Waals surface area (Å²) in [6.07, 6.45) is 1.09. The summed E-state index contributed by atoms with van der Waals surface area (Å²) in [7, 11) is 0. The highest BCUT2D eigenvalue weighted by Gasteiger charge is 2.10. The minimum atomic E-state index is -0.744. The van der Waals surface area contributed by atoms with Crippen LogP contribution in [0.1, 0.15) is 15.9 Å². The van der Waals surface area contributed by atoms with Gasteiger partial charge in [0.05, 0.1) is 19.3 Å². The molecule has 0 bridgehead atoms. The van der Waals surface area contributed by atoms with E-state index in [0.29, 0.717) is 12.2 Å². The van der Waals surface area contributed by atoms with Gasteiger partial charge in [-0.25, -0.2) is 0 Å². The number of ether oxygens (including phenoxy) is 1. The first-order chi connectivity index (χ1) is 11.7. The van der Waals surface area contributed by atoms with Crippen LogP contribution in [0.15, 0.2) is 60.8 Å². The Morgan fingerprint density at radius 2 is 2.00 bits per heavy atom. The molecular formula is C19H20N2O3. The Morgan fingerprint density at radius 1 is 1.17 bits per heavy atom. The van der Waals surface area contributed by atoms with Crippen molar-refractivity contribution in [1.29, 1.82) is 0 Å². The van der Waals surface area contributed by atoms with Crippen molar-refractivity contribution in [2.75, 3.05) is 13.2 Å². The van der Waals surface area contributed by atoms with Gasteiger partial charge in [-0.2, -0.15) is 0 Å². The number of hydrogen-bond donors (Lipinski definition) is 3. The zero-order chi connectivity index (χ0) is 16.8. The van der Waals surface area contributed by atoms with Gasteiger partial charge in [0.25, 0.3) is 5.91 Å². The molecule has 1 aromatic heterocycles. The number of aliphatic hydroxyl groups is 1. The molecule has 2 aromatic carbocycles. The van der Waals surface area contributed by atoms with E-state index in [1.807, 2.05) is 48.7 Å². The lowest BCUT2D eigenvalue weighted by molar-refractivity contribution is 0.0285. The van der Waals surface area contributed by atoms with Crippen LogP contribution in [0.25, 0.3) is 10.9 Å². The van der Waals surface area contributed by atoms with E-state index < -0.39 is 6.10 Å². The zero-order valence-corrected chi connectivity index (χ0v) is 13.2. The third kappa shape index (κ3) is 4.22. The maximum Gasteiger partial charge on any atom is 0.251 e. The van der Waals surface area contributed by atoms with Gasteiger partial charge < -0.3 is 20.1 Å². The molecule has 5 nitrogen and oxygen atoms in total. The first kappa shape index (κ1) is 16.2. The van der Waals surface area contributed by atoms with E-state index in [1.54, 1.807) is 12.1 Å². The number of rotatable bonds is 7. The number of fused-ring (bicyclic) bond motifs is 1. The van der Waals surface area contributed by atoms with Crippen molar-refractivity contribution in [2.24, 2.45) is 0 Å². The highest BCUT2D eigenvalue weighted by molar-refractivity contribution is 5.97. The molecule has 1 atom stereocenters. The number of aromatic amines is 1. The maximum atomic E-state index is 12.1. The van der Waals surface area contributed by atoms with Crippen molar-refractivity contribution >= 4 is 16.8 Å². The Labute approximate surface area is 140 Å². The van der Waals surface area contributed by atoms with E-state index >= 15 is 0 Å². The first-order valence-electron chi connectivity index (χ1n) is 7.87. The first-order valence-corrected chi connectivity index (χ1v) is 7.87. The highest BCUT2D eigenvalue weighted by atomic mass is 16.5. The molecule has 3 aromatic rings. The minimum absolute atomic E-state index is 0.149. The van der Waals surface area contributed by atoms with Crippen LogP contribution in [0.3, 0.4) is 0 Å². The summed E-state index contributed by atoms with van der Waals surface area (Å²) in [4.78, 5) is 15.2. The molecule has 0 radical (unpaired) electrons. The van der Waals surface area contributed by atoms with Gasteiger partial charge in [-0.3, -0.25) is 4.79 Å². The van der Waals surface area contributed by atoms with Crippen LogP contribution in [0.2, 0.25) is 0 Å². The lowest BCUT2D eigenvalue weighted by Gasteiger charge is -2.12. The van der Waals surface area contributed by atoms with Crippen LogP contribution < -0.4 is 5.32 Å². The van der Waals surface area contributed by atoms with Gasteiger partial charge in [-0.1, -0.05) is 36.4 Å². The number of carbonyl (C=O) groups excluding carboxylic acids is 1. The number of benzene rings is 2. The topological polar surface area (TPSA) is 74.3 Å². The Hall–Kier alpha value is -2.63. The molecule has 0 fully saturated rings. The number of amides is 1.